The molecule has 3 aromatic rings. The smallest absolute Gasteiger partial charge is 0.255 e. The zero-order valence-electron chi connectivity index (χ0n) is 14.7. The third-order valence-electron chi connectivity index (χ3n) is 4.05. The predicted octanol–water partition coefficient (Wildman–Crippen LogP) is 2.64. The molecule has 3 N–H and O–H groups in total. The van der Waals surface area contributed by atoms with Crippen molar-refractivity contribution in [2.24, 2.45) is 0 Å². The van der Waals surface area contributed by atoms with Crippen LogP contribution in [0.25, 0.3) is 0 Å². The van der Waals surface area contributed by atoms with Crippen molar-refractivity contribution in [3.05, 3.63) is 84.9 Å². The standard InChI is InChI=1S/C19H20BrN5O2/c20-16-4-3-8-22-17(16)5-1-2-7-23-19-24-12-13(18(27)25-19)10-14-11-15(26)6-9-21-14/h3-4,6,8-9,11-12H,1-2,5,7,10H2,(H,21,26)(H2,23,24,25,27). The lowest BCUT2D eigenvalue weighted by molar-refractivity contribution is 0.742. The zero-order chi connectivity index (χ0) is 19.1. The van der Waals surface area contributed by atoms with Crippen LogP contribution in [0.5, 0.6) is 0 Å². The van der Waals surface area contributed by atoms with E-state index >= 15 is 0 Å². The highest BCUT2D eigenvalue weighted by molar-refractivity contribution is 9.10. The molecule has 7 nitrogen and oxygen atoms in total. The SMILES string of the molecule is O=c1cc[nH]c(Cc2cnc(NCCCCc3ncccc3Br)[nH]c2=O)c1. The molecule has 0 atom stereocenters. The Balaban J connectivity index is 1.48. The van der Waals surface area contributed by atoms with Crippen molar-refractivity contribution < 1.29 is 0 Å². The van der Waals surface area contributed by atoms with E-state index in [1.54, 1.807) is 12.4 Å². The highest BCUT2D eigenvalue weighted by Crippen LogP contribution is 2.15. The van der Waals surface area contributed by atoms with Crippen LogP contribution >= 0.6 is 15.9 Å². The molecule has 0 aliphatic carbocycles. The Bertz CT molecular complexity index is 1010. The van der Waals surface area contributed by atoms with E-state index < -0.39 is 0 Å². The maximum atomic E-state index is 12.2. The number of aryl methyl sites for hydroxylation is 1. The second kappa shape index (κ2) is 9.27. The van der Waals surface area contributed by atoms with E-state index in [4.69, 9.17) is 0 Å². The summed E-state index contributed by atoms with van der Waals surface area (Å²) >= 11 is 3.50. The molecule has 3 rings (SSSR count). The number of halogens is 1. The predicted molar refractivity (Wildman–Crippen MR) is 108 cm³/mol. The van der Waals surface area contributed by atoms with Gasteiger partial charge in [-0.15, -0.1) is 0 Å². The van der Waals surface area contributed by atoms with Gasteiger partial charge in [-0.3, -0.25) is 19.6 Å². The third kappa shape index (κ3) is 5.62. The summed E-state index contributed by atoms with van der Waals surface area (Å²) in [5.74, 6) is 0.448. The topological polar surface area (TPSA) is 104 Å². The van der Waals surface area contributed by atoms with Crippen molar-refractivity contribution in [1.29, 1.82) is 0 Å². The molecule has 0 saturated heterocycles. The van der Waals surface area contributed by atoms with E-state index in [0.29, 0.717) is 30.2 Å². The lowest BCUT2D eigenvalue weighted by Crippen LogP contribution is -2.18. The Morgan fingerprint density at radius 3 is 2.81 bits per heavy atom. The number of nitrogens with zero attached hydrogens (tertiary/aromatic N) is 2. The van der Waals surface area contributed by atoms with Crippen LogP contribution in [0.2, 0.25) is 0 Å². The molecule has 0 saturated carbocycles. The van der Waals surface area contributed by atoms with Crippen LogP contribution in [-0.2, 0) is 12.8 Å². The number of unbranched alkanes of at least 4 members (excludes halogenated alkanes) is 1. The summed E-state index contributed by atoms with van der Waals surface area (Å²) in [5, 5.41) is 3.13. The van der Waals surface area contributed by atoms with Crippen molar-refractivity contribution in [3.63, 3.8) is 0 Å². The largest absolute Gasteiger partial charge is 0.364 e. The van der Waals surface area contributed by atoms with Crippen LogP contribution < -0.4 is 16.3 Å². The Labute approximate surface area is 164 Å². The monoisotopic (exact) mass is 429 g/mol. The molecule has 0 aromatic carbocycles. The minimum atomic E-state index is -0.213. The number of pyridine rings is 2. The molecule has 0 bridgehead atoms. The maximum absolute atomic E-state index is 12.2. The van der Waals surface area contributed by atoms with E-state index in [1.807, 2.05) is 12.1 Å². The molecule has 0 amide bonds. The van der Waals surface area contributed by atoms with Gasteiger partial charge < -0.3 is 10.3 Å². The first-order valence-corrected chi connectivity index (χ1v) is 9.50. The average Bonchev–Trinajstić information content (AvgIpc) is 2.65. The number of hydrogen-bond donors (Lipinski definition) is 3. The van der Waals surface area contributed by atoms with Crippen LogP contribution in [-0.4, -0.2) is 26.5 Å². The Morgan fingerprint density at radius 2 is 2.04 bits per heavy atom. The number of hydrogen-bond acceptors (Lipinski definition) is 5. The van der Waals surface area contributed by atoms with E-state index in [1.165, 1.54) is 18.3 Å². The van der Waals surface area contributed by atoms with Gasteiger partial charge in [0, 0.05) is 59.4 Å². The van der Waals surface area contributed by atoms with Crippen molar-refractivity contribution in [3.8, 4) is 0 Å². The van der Waals surface area contributed by atoms with Crippen molar-refractivity contribution >= 4 is 21.9 Å². The fraction of sp³-hybridized carbons (Fsp3) is 0.263. The van der Waals surface area contributed by atoms with Crippen LogP contribution in [0.3, 0.4) is 0 Å². The summed E-state index contributed by atoms with van der Waals surface area (Å²) in [5.41, 5.74) is 1.92. The summed E-state index contributed by atoms with van der Waals surface area (Å²) in [7, 11) is 0. The third-order valence-corrected chi connectivity index (χ3v) is 4.78. The molecule has 0 aliphatic rings. The number of aromatic amines is 2. The van der Waals surface area contributed by atoms with Crippen molar-refractivity contribution in [2.45, 2.75) is 25.7 Å². The molecule has 0 aliphatic heterocycles. The first-order valence-electron chi connectivity index (χ1n) is 8.71. The lowest BCUT2D eigenvalue weighted by Gasteiger charge is -2.07. The fourth-order valence-electron chi connectivity index (χ4n) is 2.66. The van der Waals surface area contributed by atoms with E-state index in [-0.39, 0.29) is 11.0 Å². The van der Waals surface area contributed by atoms with E-state index in [9.17, 15) is 9.59 Å². The number of nitrogens with one attached hydrogen (secondary N) is 3. The number of aromatic nitrogens is 4. The fourth-order valence-corrected chi connectivity index (χ4v) is 3.12. The summed E-state index contributed by atoms with van der Waals surface area (Å²) in [6.07, 6.45) is 8.03. The summed E-state index contributed by atoms with van der Waals surface area (Å²) < 4.78 is 1.03. The summed E-state index contributed by atoms with van der Waals surface area (Å²) in [6.45, 7) is 0.707. The molecule has 0 spiro atoms. The normalized spacial score (nSPS) is 10.7. The molecular formula is C19H20BrN5O2. The summed E-state index contributed by atoms with van der Waals surface area (Å²) in [4.78, 5) is 37.9. The molecule has 0 radical (unpaired) electrons. The first kappa shape index (κ1) is 19.0. The van der Waals surface area contributed by atoms with Gasteiger partial charge in [0.1, 0.15) is 0 Å². The van der Waals surface area contributed by atoms with Gasteiger partial charge in [-0.2, -0.15) is 0 Å². The molecule has 8 heteroatoms. The van der Waals surface area contributed by atoms with Gasteiger partial charge in [0.15, 0.2) is 5.43 Å². The Kier molecular flexibility index (Phi) is 6.54. The first-order chi connectivity index (χ1) is 13.1. The highest BCUT2D eigenvalue weighted by Gasteiger charge is 2.05. The van der Waals surface area contributed by atoms with Gasteiger partial charge in [0.2, 0.25) is 5.95 Å². The Morgan fingerprint density at radius 1 is 1.15 bits per heavy atom. The van der Waals surface area contributed by atoms with Gasteiger partial charge >= 0.3 is 0 Å². The van der Waals surface area contributed by atoms with Gasteiger partial charge in [0.25, 0.3) is 5.56 Å². The summed E-state index contributed by atoms with van der Waals surface area (Å²) in [6, 6.07) is 6.80. The van der Waals surface area contributed by atoms with E-state index in [2.05, 4.69) is 41.2 Å². The second-order valence-corrected chi connectivity index (χ2v) is 6.98. The van der Waals surface area contributed by atoms with Crippen molar-refractivity contribution in [1.82, 2.24) is 19.9 Å². The zero-order valence-corrected chi connectivity index (χ0v) is 16.3. The van der Waals surface area contributed by atoms with Gasteiger partial charge in [-0.25, -0.2) is 4.98 Å². The molecule has 140 valence electrons. The van der Waals surface area contributed by atoms with Gasteiger partial charge in [-0.05, 0) is 47.3 Å². The second-order valence-electron chi connectivity index (χ2n) is 6.13. The molecular weight excluding hydrogens is 410 g/mol. The van der Waals surface area contributed by atoms with E-state index in [0.717, 1.165) is 29.4 Å². The molecule has 3 heterocycles. The van der Waals surface area contributed by atoms with Crippen molar-refractivity contribution in [2.75, 3.05) is 11.9 Å². The van der Waals surface area contributed by atoms with Gasteiger partial charge in [0.05, 0.1) is 5.69 Å². The van der Waals surface area contributed by atoms with Crippen LogP contribution in [0.4, 0.5) is 5.95 Å². The molecule has 27 heavy (non-hydrogen) atoms. The maximum Gasteiger partial charge on any atom is 0.255 e. The number of H-pyrrole nitrogens is 2. The van der Waals surface area contributed by atoms with Gasteiger partial charge in [-0.1, -0.05) is 0 Å². The average molecular weight is 430 g/mol. The van der Waals surface area contributed by atoms with Crippen LogP contribution in [0, 0.1) is 0 Å². The van der Waals surface area contributed by atoms with Crippen LogP contribution in [0.1, 0.15) is 29.8 Å². The lowest BCUT2D eigenvalue weighted by atomic mass is 10.1. The Hall–Kier alpha value is -2.74. The minimum absolute atomic E-state index is 0.0934. The quantitative estimate of drug-likeness (QED) is 0.477. The van der Waals surface area contributed by atoms with Crippen LogP contribution in [0.15, 0.2) is 56.9 Å². The number of rotatable bonds is 8. The number of anilines is 1. The highest BCUT2D eigenvalue weighted by atomic mass is 79.9. The molecule has 3 aromatic heterocycles. The molecule has 0 fully saturated rings. The molecule has 0 unspecified atom stereocenters. The minimum Gasteiger partial charge on any atom is -0.364 e.